The molecule has 2 rings (SSSR count). The van der Waals surface area contributed by atoms with E-state index in [1.807, 2.05) is 36.4 Å². The van der Waals surface area contributed by atoms with Crippen LogP contribution in [0.3, 0.4) is 0 Å². The number of hydrogen-bond donors (Lipinski definition) is 0. The van der Waals surface area contributed by atoms with Gasteiger partial charge in [-0.1, -0.05) is 6.07 Å². The molecular formula is C18H19N3O2S. The Morgan fingerprint density at radius 1 is 1.33 bits per heavy atom. The molecule has 0 N–H and O–H groups in total. The number of nitriles is 1. The summed E-state index contributed by atoms with van der Waals surface area (Å²) >= 11 is 1.47. The number of rotatable bonds is 8. The molecule has 0 aliphatic heterocycles. The van der Waals surface area contributed by atoms with Crippen LogP contribution in [0.15, 0.2) is 53.7 Å². The van der Waals surface area contributed by atoms with Crippen molar-refractivity contribution in [3.63, 3.8) is 0 Å². The van der Waals surface area contributed by atoms with Crippen LogP contribution in [0.25, 0.3) is 0 Å². The van der Waals surface area contributed by atoms with Gasteiger partial charge in [-0.05, 0) is 35.9 Å². The number of carbonyl (C=O) groups is 1. The fourth-order valence-electron chi connectivity index (χ4n) is 2.10. The molecule has 0 atom stereocenters. The zero-order valence-electron chi connectivity index (χ0n) is 13.5. The molecule has 0 fully saturated rings. The van der Waals surface area contributed by atoms with Crippen molar-refractivity contribution in [3.8, 4) is 11.8 Å². The molecule has 1 aromatic carbocycles. The highest BCUT2D eigenvalue weighted by Gasteiger charge is 2.14. The molecule has 0 spiro atoms. The van der Waals surface area contributed by atoms with Crippen molar-refractivity contribution in [1.29, 1.82) is 5.26 Å². The molecule has 2 aromatic rings. The van der Waals surface area contributed by atoms with Gasteiger partial charge in [0.1, 0.15) is 5.75 Å². The van der Waals surface area contributed by atoms with Gasteiger partial charge in [0.05, 0.1) is 25.4 Å². The molecule has 0 aliphatic rings. The Balaban J connectivity index is 1.94. The molecule has 0 aliphatic carbocycles. The summed E-state index contributed by atoms with van der Waals surface area (Å²) in [6.07, 6.45) is 3.76. The smallest absolute Gasteiger partial charge is 0.233 e. The molecule has 1 amide bonds. The van der Waals surface area contributed by atoms with Crippen LogP contribution >= 0.6 is 11.8 Å². The van der Waals surface area contributed by atoms with Gasteiger partial charge >= 0.3 is 0 Å². The van der Waals surface area contributed by atoms with Crippen LogP contribution in [-0.4, -0.2) is 35.2 Å². The van der Waals surface area contributed by atoms with Crippen LogP contribution in [0.5, 0.6) is 5.75 Å². The number of aromatic nitrogens is 1. The first-order chi connectivity index (χ1) is 11.7. The van der Waals surface area contributed by atoms with Crippen molar-refractivity contribution in [2.45, 2.75) is 17.9 Å². The highest BCUT2D eigenvalue weighted by atomic mass is 32.2. The van der Waals surface area contributed by atoms with Gasteiger partial charge in [0.25, 0.3) is 0 Å². The molecular weight excluding hydrogens is 322 g/mol. The number of pyridine rings is 1. The zero-order valence-corrected chi connectivity index (χ0v) is 14.3. The molecule has 0 bridgehead atoms. The fraction of sp³-hybridized carbons (Fsp3) is 0.278. The third-order valence-corrected chi connectivity index (χ3v) is 4.36. The Morgan fingerprint density at radius 3 is 2.75 bits per heavy atom. The molecule has 0 radical (unpaired) electrons. The van der Waals surface area contributed by atoms with Crippen molar-refractivity contribution in [1.82, 2.24) is 9.88 Å². The Hall–Kier alpha value is -2.52. The van der Waals surface area contributed by atoms with Crippen molar-refractivity contribution < 1.29 is 9.53 Å². The van der Waals surface area contributed by atoms with Gasteiger partial charge in [0.2, 0.25) is 5.91 Å². The molecule has 6 heteroatoms. The summed E-state index contributed by atoms with van der Waals surface area (Å²) in [5.41, 5.74) is 0.957. The lowest BCUT2D eigenvalue weighted by Crippen LogP contribution is -2.32. The van der Waals surface area contributed by atoms with E-state index in [0.29, 0.717) is 25.3 Å². The van der Waals surface area contributed by atoms with Crippen LogP contribution in [0.2, 0.25) is 0 Å². The number of methoxy groups -OCH3 is 1. The number of benzene rings is 1. The molecule has 0 saturated heterocycles. The molecule has 1 heterocycles. The van der Waals surface area contributed by atoms with Crippen LogP contribution in [0.4, 0.5) is 0 Å². The average molecular weight is 341 g/mol. The number of thioether (sulfide) groups is 1. The lowest BCUT2D eigenvalue weighted by atomic mass is 10.2. The lowest BCUT2D eigenvalue weighted by molar-refractivity contribution is -0.128. The second kappa shape index (κ2) is 9.58. The second-order valence-electron chi connectivity index (χ2n) is 5.05. The first-order valence-corrected chi connectivity index (χ1v) is 8.52. The van der Waals surface area contributed by atoms with Crippen LogP contribution in [0, 0.1) is 11.3 Å². The van der Waals surface area contributed by atoms with Crippen LogP contribution < -0.4 is 4.74 Å². The first kappa shape index (κ1) is 17.8. The quantitative estimate of drug-likeness (QED) is 0.690. The Labute approximate surface area is 146 Å². The van der Waals surface area contributed by atoms with Gasteiger partial charge in [-0.15, -0.1) is 11.8 Å². The van der Waals surface area contributed by atoms with Gasteiger partial charge in [-0.2, -0.15) is 5.26 Å². The predicted octanol–water partition coefficient (Wildman–Crippen LogP) is 3.12. The molecule has 5 nitrogen and oxygen atoms in total. The Bertz CT molecular complexity index is 684. The van der Waals surface area contributed by atoms with E-state index in [9.17, 15) is 4.79 Å². The van der Waals surface area contributed by atoms with Crippen molar-refractivity contribution >= 4 is 17.7 Å². The monoisotopic (exact) mass is 341 g/mol. The summed E-state index contributed by atoms with van der Waals surface area (Å²) in [6.45, 7) is 0.894. The lowest BCUT2D eigenvalue weighted by Gasteiger charge is -2.21. The molecule has 124 valence electrons. The Kier molecular flexibility index (Phi) is 7.12. The standard InChI is InChI=1S/C18H19N3O2S/c1-23-16-5-7-17(8-6-16)24-14-18(22)21(11-3-9-19)13-15-4-2-10-20-12-15/h2,4-8,10,12H,3,11,13-14H2,1H3. The third kappa shape index (κ3) is 5.60. The minimum absolute atomic E-state index is 0.00919. The van der Waals surface area contributed by atoms with E-state index < -0.39 is 0 Å². The van der Waals surface area contributed by atoms with E-state index in [0.717, 1.165) is 16.2 Å². The molecule has 1 aromatic heterocycles. The maximum absolute atomic E-state index is 12.5. The largest absolute Gasteiger partial charge is 0.497 e. The van der Waals surface area contributed by atoms with E-state index in [1.165, 1.54) is 11.8 Å². The van der Waals surface area contributed by atoms with Gasteiger partial charge in [-0.25, -0.2) is 0 Å². The van der Waals surface area contributed by atoms with Crippen molar-refractivity contribution in [2.24, 2.45) is 0 Å². The summed E-state index contributed by atoms with van der Waals surface area (Å²) < 4.78 is 5.12. The van der Waals surface area contributed by atoms with E-state index in [4.69, 9.17) is 10.00 Å². The second-order valence-corrected chi connectivity index (χ2v) is 6.10. The minimum atomic E-state index is 0.00919. The Morgan fingerprint density at radius 2 is 2.12 bits per heavy atom. The van der Waals surface area contributed by atoms with Crippen LogP contribution in [-0.2, 0) is 11.3 Å². The van der Waals surface area contributed by atoms with Gasteiger partial charge in [0.15, 0.2) is 0 Å². The molecule has 0 saturated carbocycles. The maximum atomic E-state index is 12.5. The number of ether oxygens (including phenoxy) is 1. The summed E-state index contributed by atoms with van der Waals surface area (Å²) in [5, 5.41) is 8.80. The molecule has 0 unspecified atom stereocenters. The first-order valence-electron chi connectivity index (χ1n) is 7.53. The van der Waals surface area contributed by atoms with Crippen molar-refractivity contribution in [2.75, 3.05) is 19.4 Å². The SMILES string of the molecule is COc1ccc(SCC(=O)N(CCC#N)Cc2cccnc2)cc1. The zero-order chi connectivity index (χ0) is 17.2. The van der Waals surface area contributed by atoms with Crippen LogP contribution in [0.1, 0.15) is 12.0 Å². The number of hydrogen-bond acceptors (Lipinski definition) is 5. The van der Waals surface area contributed by atoms with Gasteiger partial charge in [0, 0.05) is 30.4 Å². The van der Waals surface area contributed by atoms with E-state index in [2.05, 4.69) is 11.1 Å². The third-order valence-electron chi connectivity index (χ3n) is 3.36. The van der Waals surface area contributed by atoms with E-state index in [-0.39, 0.29) is 5.91 Å². The topological polar surface area (TPSA) is 66.2 Å². The predicted molar refractivity (Wildman–Crippen MR) is 93.6 cm³/mol. The number of carbonyl (C=O) groups excluding carboxylic acids is 1. The summed E-state index contributed by atoms with van der Waals surface area (Å²) in [4.78, 5) is 19.3. The summed E-state index contributed by atoms with van der Waals surface area (Å²) in [6, 6.07) is 13.5. The molecule has 24 heavy (non-hydrogen) atoms. The van der Waals surface area contributed by atoms with E-state index >= 15 is 0 Å². The summed E-state index contributed by atoms with van der Waals surface area (Å²) in [5.74, 6) is 1.13. The number of amides is 1. The normalized spacial score (nSPS) is 10.0. The fourth-order valence-corrected chi connectivity index (χ4v) is 2.90. The minimum Gasteiger partial charge on any atom is -0.497 e. The van der Waals surface area contributed by atoms with Gasteiger partial charge in [-0.3, -0.25) is 9.78 Å². The maximum Gasteiger partial charge on any atom is 0.233 e. The highest BCUT2D eigenvalue weighted by molar-refractivity contribution is 8.00. The number of nitrogens with zero attached hydrogens (tertiary/aromatic N) is 3. The summed E-state index contributed by atoms with van der Waals surface area (Å²) in [7, 11) is 1.62. The highest BCUT2D eigenvalue weighted by Crippen LogP contribution is 2.22. The van der Waals surface area contributed by atoms with Gasteiger partial charge < -0.3 is 9.64 Å². The average Bonchev–Trinajstić information content (AvgIpc) is 2.64. The van der Waals surface area contributed by atoms with E-state index in [1.54, 1.807) is 24.4 Å². The van der Waals surface area contributed by atoms with Crippen molar-refractivity contribution in [3.05, 3.63) is 54.4 Å².